The second kappa shape index (κ2) is 4.49. The molecule has 1 atom stereocenters. The Morgan fingerprint density at radius 1 is 1.38 bits per heavy atom. The Bertz CT molecular complexity index is 496. The standard InChI is InChI=1S/C13H16N2O/c1-9(8-14)10-3-4-12-11(7-10)5-6-15-13(12)16-2/h3-7,9H,8,14H2,1-2H3. The Hall–Kier alpha value is -1.61. The van der Waals surface area contributed by atoms with Crippen molar-refractivity contribution >= 4 is 10.8 Å². The van der Waals surface area contributed by atoms with Crippen LogP contribution in [0, 0.1) is 0 Å². The van der Waals surface area contributed by atoms with Crippen LogP contribution in [0.5, 0.6) is 5.88 Å². The predicted molar refractivity (Wildman–Crippen MR) is 65.8 cm³/mol. The summed E-state index contributed by atoms with van der Waals surface area (Å²) in [6.45, 7) is 2.79. The molecule has 0 aliphatic heterocycles. The summed E-state index contributed by atoms with van der Waals surface area (Å²) in [5.41, 5.74) is 6.92. The van der Waals surface area contributed by atoms with Crippen LogP contribution in [0.4, 0.5) is 0 Å². The predicted octanol–water partition coefficient (Wildman–Crippen LogP) is 2.31. The lowest BCUT2D eigenvalue weighted by Gasteiger charge is -2.10. The van der Waals surface area contributed by atoms with Gasteiger partial charge in [0.15, 0.2) is 0 Å². The van der Waals surface area contributed by atoms with Crippen molar-refractivity contribution in [2.45, 2.75) is 12.8 Å². The molecular formula is C13H16N2O. The molecule has 0 aliphatic rings. The molecule has 1 heterocycles. The van der Waals surface area contributed by atoms with E-state index in [1.54, 1.807) is 13.3 Å². The molecule has 1 aromatic heterocycles. The van der Waals surface area contributed by atoms with E-state index in [9.17, 15) is 0 Å². The van der Waals surface area contributed by atoms with Crippen LogP contribution in [-0.2, 0) is 0 Å². The van der Waals surface area contributed by atoms with Crippen molar-refractivity contribution in [1.82, 2.24) is 4.98 Å². The molecule has 0 saturated carbocycles. The van der Waals surface area contributed by atoms with E-state index in [1.807, 2.05) is 12.1 Å². The lowest BCUT2D eigenvalue weighted by atomic mass is 9.98. The highest BCUT2D eigenvalue weighted by atomic mass is 16.5. The van der Waals surface area contributed by atoms with Crippen molar-refractivity contribution in [1.29, 1.82) is 0 Å². The fourth-order valence-electron chi connectivity index (χ4n) is 1.77. The van der Waals surface area contributed by atoms with Crippen LogP contribution in [0.1, 0.15) is 18.4 Å². The van der Waals surface area contributed by atoms with E-state index in [0.717, 1.165) is 10.8 Å². The molecule has 1 unspecified atom stereocenters. The van der Waals surface area contributed by atoms with Gasteiger partial charge in [-0.15, -0.1) is 0 Å². The minimum Gasteiger partial charge on any atom is -0.481 e. The lowest BCUT2D eigenvalue weighted by Crippen LogP contribution is -2.08. The van der Waals surface area contributed by atoms with Crippen molar-refractivity contribution in [3.05, 3.63) is 36.0 Å². The molecule has 1 aromatic carbocycles. The minimum absolute atomic E-state index is 0.378. The molecule has 0 radical (unpaired) electrons. The quantitative estimate of drug-likeness (QED) is 0.856. The van der Waals surface area contributed by atoms with Crippen LogP contribution < -0.4 is 10.5 Å². The molecule has 2 N–H and O–H groups in total. The van der Waals surface area contributed by atoms with Gasteiger partial charge in [0, 0.05) is 11.6 Å². The molecule has 0 spiro atoms. The van der Waals surface area contributed by atoms with Gasteiger partial charge in [-0.3, -0.25) is 0 Å². The highest BCUT2D eigenvalue weighted by Crippen LogP contribution is 2.26. The minimum atomic E-state index is 0.378. The summed E-state index contributed by atoms with van der Waals surface area (Å²) >= 11 is 0. The fourth-order valence-corrected chi connectivity index (χ4v) is 1.77. The number of nitrogens with two attached hydrogens (primary N) is 1. The lowest BCUT2D eigenvalue weighted by molar-refractivity contribution is 0.403. The summed E-state index contributed by atoms with van der Waals surface area (Å²) in [5, 5.41) is 2.18. The largest absolute Gasteiger partial charge is 0.481 e. The molecule has 0 aliphatic carbocycles. The van der Waals surface area contributed by atoms with E-state index in [1.165, 1.54) is 5.56 Å². The van der Waals surface area contributed by atoms with E-state index in [2.05, 4.69) is 24.0 Å². The summed E-state index contributed by atoms with van der Waals surface area (Å²) < 4.78 is 5.22. The van der Waals surface area contributed by atoms with E-state index in [0.29, 0.717) is 18.3 Å². The molecule has 0 bridgehead atoms. The molecule has 3 nitrogen and oxygen atoms in total. The fraction of sp³-hybridized carbons (Fsp3) is 0.308. The summed E-state index contributed by atoms with van der Waals surface area (Å²) in [7, 11) is 1.64. The SMILES string of the molecule is COc1nccc2cc(C(C)CN)ccc12. The van der Waals surface area contributed by atoms with Gasteiger partial charge in [0.25, 0.3) is 0 Å². The van der Waals surface area contributed by atoms with Gasteiger partial charge >= 0.3 is 0 Å². The van der Waals surface area contributed by atoms with Gasteiger partial charge in [-0.2, -0.15) is 0 Å². The molecule has 2 rings (SSSR count). The second-order valence-electron chi connectivity index (χ2n) is 3.94. The van der Waals surface area contributed by atoms with Crippen molar-refractivity contribution < 1.29 is 4.74 Å². The topological polar surface area (TPSA) is 48.1 Å². The number of ether oxygens (including phenoxy) is 1. The maximum atomic E-state index is 5.67. The molecule has 3 heteroatoms. The van der Waals surface area contributed by atoms with E-state index < -0.39 is 0 Å². The average molecular weight is 216 g/mol. The van der Waals surface area contributed by atoms with Crippen molar-refractivity contribution in [3.63, 3.8) is 0 Å². The number of benzene rings is 1. The normalized spacial score (nSPS) is 12.7. The molecule has 16 heavy (non-hydrogen) atoms. The van der Waals surface area contributed by atoms with Crippen LogP contribution in [0.2, 0.25) is 0 Å². The van der Waals surface area contributed by atoms with Crippen molar-refractivity contribution in [3.8, 4) is 5.88 Å². The monoisotopic (exact) mass is 216 g/mol. The first-order chi connectivity index (χ1) is 7.76. The maximum absolute atomic E-state index is 5.67. The zero-order valence-electron chi connectivity index (χ0n) is 9.60. The Balaban J connectivity index is 2.55. The zero-order valence-corrected chi connectivity index (χ0v) is 9.60. The third-order valence-electron chi connectivity index (χ3n) is 2.87. The second-order valence-corrected chi connectivity index (χ2v) is 3.94. The van der Waals surface area contributed by atoms with Gasteiger partial charge in [0.2, 0.25) is 5.88 Å². The number of hydrogen-bond acceptors (Lipinski definition) is 3. The Morgan fingerprint density at radius 2 is 2.19 bits per heavy atom. The summed E-state index contributed by atoms with van der Waals surface area (Å²) in [6, 6.07) is 8.27. The molecule has 0 saturated heterocycles. The Labute approximate surface area is 95.2 Å². The van der Waals surface area contributed by atoms with Gasteiger partial charge < -0.3 is 10.5 Å². The first kappa shape index (κ1) is 10.9. The third kappa shape index (κ3) is 1.86. The van der Waals surface area contributed by atoms with Gasteiger partial charge in [0.05, 0.1) is 7.11 Å². The number of rotatable bonds is 3. The van der Waals surface area contributed by atoms with E-state index >= 15 is 0 Å². The highest BCUT2D eigenvalue weighted by Gasteiger charge is 2.06. The van der Waals surface area contributed by atoms with Crippen molar-refractivity contribution in [2.24, 2.45) is 5.73 Å². The average Bonchev–Trinajstić information content (AvgIpc) is 2.36. The number of nitrogens with zero attached hydrogens (tertiary/aromatic N) is 1. The van der Waals surface area contributed by atoms with Crippen LogP contribution >= 0.6 is 0 Å². The van der Waals surface area contributed by atoms with Crippen LogP contribution in [0.15, 0.2) is 30.5 Å². The smallest absolute Gasteiger partial charge is 0.221 e. The van der Waals surface area contributed by atoms with Crippen LogP contribution in [0.25, 0.3) is 10.8 Å². The number of aromatic nitrogens is 1. The van der Waals surface area contributed by atoms with Crippen LogP contribution in [0.3, 0.4) is 0 Å². The summed E-state index contributed by atoms with van der Waals surface area (Å²) in [5.74, 6) is 1.05. The molecule has 84 valence electrons. The van der Waals surface area contributed by atoms with Crippen LogP contribution in [-0.4, -0.2) is 18.6 Å². The van der Waals surface area contributed by atoms with Gasteiger partial charge in [-0.25, -0.2) is 4.98 Å². The van der Waals surface area contributed by atoms with Gasteiger partial charge in [0.1, 0.15) is 0 Å². The number of methoxy groups -OCH3 is 1. The first-order valence-electron chi connectivity index (χ1n) is 5.39. The third-order valence-corrected chi connectivity index (χ3v) is 2.87. The van der Waals surface area contributed by atoms with Crippen molar-refractivity contribution in [2.75, 3.05) is 13.7 Å². The number of hydrogen-bond donors (Lipinski definition) is 1. The van der Waals surface area contributed by atoms with E-state index in [-0.39, 0.29) is 0 Å². The Kier molecular flexibility index (Phi) is 3.06. The first-order valence-corrected chi connectivity index (χ1v) is 5.39. The molecule has 0 fully saturated rings. The molecular weight excluding hydrogens is 200 g/mol. The Morgan fingerprint density at radius 3 is 2.88 bits per heavy atom. The summed E-state index contributed by atoms with van der Waals surface area (Å²) in [6.07, 6.45) is 1.76. The van der Waals surface area contributed by atoms with E-state index in [4.69, 9.17) is 10.5 Å². The maximum Gasteiger partial charge on any atom is 0.221 e. The highest BCUT2D eigenvalue weighted by molar-refractivity contribution is 5.87. The number of fused-ring (bicyclic) bond motifs is 1. The van der Waals surface area contributed by atoms with Gasteiger partial charge in [-0.1, -0.05) is 19.1 Å². The molecule has 2 aromatic rings. The number of pyridine rings is 1. The van der Waals surface area contributed by atoms with Gasteiger partial charge in [-0.05, 0) is 35.5 Å². The molecule has 0 amide bonds. The zero-order chi connectivity index (χ0) is 11.5. The summed E-state index contributed by atoms with van der Waals surface area (Å²) in [4.78, 5) is 4.17.